The van der Waals surface area contributed by atoms with E-state index < -0.39 is 12.0 Å². The topological polar surface area (TPSA) is 114 Å². The van der Waals surface area contributed by atoms with Crippen LogP contribution in [-0.4, -0.2) is 35.8 Å². The second-order valence-electron chi connectivity index (χ2n) is 4.88. The normalized spacial score (nSPS) is 13.0. The minimum Gasteiger partial charge on any atom is -0.480 e. The minimum atomic E-state index is -0.950. The van der Waals surface area contributed by atoms with Gasteiger partial charge in [-0.2, -0.15) is 0 Å². The van der Waals surface area contributed by atoms with Crippen LogP contribution >= 0.6 is 0 Å². The van der Waals surface area contributed by atoms with Gasteiger partial charge in [0.1, 0.15) is 6.04 Å². The Hall–Kier alpha value is -2.63. The number of hydrogen-bond donors (Lipinski definition) is 3. The molecule has 0 saturated heterocycles. The molecule has 1 rings (SSSR count). The quantitative estimate of drug-likeness (QED) is 0.385. The molecule has 1 atom stereocenters. The lowest BCUT2D eigenvalue weighted by molar-refractivity contribution is -0.138. The molecule has 0 unspecified atom stereocenters. The number of carboxylic acid groups (broad SMARTS) is 1. The number of rotatable bonds is 8. The van der Waals surface area contributed by atoms with Crippen molar-refractivity contribution in [2.45, 2.75) is 25.8 Å². The monoisotopic (exact) mass is 302 g/mol. The van der Waals surface area contributed by atoms with Gasteiger partial charge in [-0.3, -0.25) is 9.98 Å². The van der Waals surface area contributed by atoms with Crippen LogP contribution < -0.4 is 11.5 Å². The third kappa shape index (κ3) is 7.23. The molecule has 0 spiro atoms. The summed E-state index contributed by atoms with van der Waals surface area (Å²) in [6.07, 6.45) is 4.49. The van der Waals surface area contributed by atoms with E-state index in [0.29, 0.717) is 19.4 Å². The first kappa shape index (κ1) is 17.4. The van der Waals surface area contributed by atoms with Gasteiger partial charge in [0.05, 0.1) is 0 Å². The lowest BCUT2D eigenvalue weighted by Gasteiger charge is -2.06. The molecule has 1 aromatic rings. The summed E-state index contributed by atoms with van der Waals surface area (Å²) in [5, 5.41) is 9.17. The van der Waals surface area contributed by atoms with Gasteiger partial charge in [-0.15, -0.1) is 0 Å². The van der Waals surface area contributed by atoms with Crippen LogP contribution in [0.2, 0.25) is 0 Å². The van der Waals surface area contributed by atoms with Gasteiger partial charge in [-0.1, -0.05) is 36.4 Å². The number of guanidine groups is 1. The molecule has 0 aromatic heterocycles. The van der Waals surface area contributed by atoms with Crippen molar-refractivity contribution in [1.82, 2.24) is 0 Å². The Morgan fingerprint density at radius 3 is 2.59 bits per heavy atom. The van der Waals surface area contributed by atoms with E-state index in [-0.39, 0.29) is 5.96 Å². The van der Waals surface area contributed by atoms with E-state index in [1.54, 1.807) is 6.21 Å². The Labute approximate surface area is 130 Å². The van der Waals surface area contributed by atoms with E-state index in [2.05, 4.69) is 9.98 Å². The van der Waals surface area contributed by atoms with Gasteiger partial charge in [0.25, 0.3) is 0 Å². The highest BCUT2D eigenvalue weighted by atomic mass is 16.4. The molecule has 0 amide bonds. The second kappa shape index (κ2) is 9.33. The van der Waals surface area contributed by atoms with Gasteiger partial charge in [0.2, 0.25) is 0 Å². The van der Waals surface area contributed by atoms with Crippen molar-refractivity contribution >= 4 is 24.2 Å². The Balaban J connectivity index is 2.60. The molecule has 0 aliphatic heterocycles. The SMILES string of the molecule is C/C(C=N[C@@H](CCCN=C(N)N)C(=O)O)=C\c1ccccc1. The molecule has 6 nitrogen and oxygen atoms in total. The first-order chi connectivity index (χ1) is 10.5. The van der Waals surface area contributed by atoms with Crippen molar-refractivity contribution in [2.75, 3.05) is 6.54 Å². The number of nitrogens with two attached hydrogens (primary N) is 2. The lowest BCUT2D eigenvalue weighted by Crippen LogP contribution is -2.23. The number of allylic oxidation sites excluding steroid dienone is 1. The van der Waals surface area contributed by atoms with Crippen molar-refractivity contribution in [3.8, 4) is 0 Å². The Bertz CT molecular complexity index is 561. The maximum absolute atomic E-state index is 11.2. The van der Waals surface area contributed by atoms with E-state index >= 15 is 0 Å². The summed E-state index contributed by atoms with van der Waals surface area (Å²) < 4.78 is 0. The van der Waals surface area contributed by atoms with Gasteiger partial charge in [0.15, 0.2) is 5.96 Å². The molecule has 118 valence electrons. The van der Waals surface area contributed by atoms with Crippen LogP contribution in [0.25, 0.3) is 6.08 Å². The molecule has 0 fully saturated rings. The standard InChI is InChI=1S/C16H22N4O2/c1-12(10-13-6-3-2-4-7-13)11-20-14(15(21)22)8-5-9-19-16(17)18/h2-4,6-7,10-11,14H,5,8-9H2,1H3,(H,21,22)(H4,17,18,19)/b12-10+,20-11?/t14-/m0/s1. The minimum absolute atomic E-state index is 0.0111. The fourth-order valence-electron chi connectivity index (χ4n) is 1.81. The molecule has 1 aromatic carbocycles. The molecule has 0 radical (unpaired) electrons. The molecule has 0 saturated carbocycles. The summed E-state index contributed by atoms with van der Waals surface area (Å²) in [6, 6.07) is 8.99. The molecular formula is C16H22N4O2. The third-order valence-electron chi connectivity index (χ3n) is 2.87. The van der Waals surface area contributed by atoms with E-state index in [1.807, 2.05) is 43.3 Å². The van der Waals surface area contributed by atoms with Crippen molar-refractivity contribution in [3.05, 3.63) is 41.5 Å². The maximum Gasteiger partial charge on any atom is 0.328 e. The largest absolute Gasteiger partial charge is 0.480 e. The number of nitrogens with zero attached hydrogens (tertiary/aromatic N) is 2. The fraction of sp³-hybridized carbons (Fsp3) is 0.312. The molecule has 0 aliphatic carbocycles. The van der Waals surface area contributed by atoms with Gasteiger partial charge in [-0.05, 0) is 30.9 Å². The lowest BCUT2D eigenvalue weighted by atomic mass is 10.1. The Morgan fingerprint density at radius 1 is 1.32 bits per heavy atom. The third-order valence-corrected chi connectivity index (χ3v) is 2.87. The van der Waals surface area contributed by atoms with Gasteiger partial charge in [0, 0.05) is 12.8 Å². The highest BCUT2D eigenvalue weighted by Gasteiger charge is 2.14. The Kier molecular flexibility index (Phi) is 7.39. The van der Waals surface area contributed by atoms with Crippen LogP contribution in [0.1, 0.15) is 25.3 Å². The zero-order chi connectivity index (χ0) is 16.4. The van der Waals surface area contributed by atoms with Crippen LogP contribution in [-0.2, 0) is 4.79 Å². The van der Waals surface area contributed by atoms with Crippen molar-refractivity contribution < 1.29 is 9.90 Å². The highest BCUT2D eigenvalue weighted by molar-refractivity contribution is 5.87. The Morgan fingerprint density at radius 2 is 2.00 bits per heavy atom. The van der Waals surface area contributed by atoms with E-state index in [1.165, 1.54) is 0 Å². The fourth-order valence-corrected chi connectivity index (χ4v) is 1.81. The molecule has 5 N–H and O–H groups in total. The van der Waals surface area contributed by atoms with Gasteiger partial charge < -0.3 is 16.6 Å². The van der Waals surface area contributed by atoms with Gasteiger partial charge in [-0.25, -0.2) is 4.79 Å². The second-order valence-corrected chi connectivity index (χ2v) is 4.88. The highest BCUT2D eigenvalue weighted by Crippen LogP contribution is 2.07. The van der Waals surface area contributed by atoms with Crippen molar-refractivity contribution in [2.24, 2.45) is 21.5 Å². The van der Waals surface area contributed by atoms with Crippen LogP contribution in [0.3, 0.4) is 0 Å². The van der Waals surface area contributed by atoms with Crippen molar-refractivity contribution in [1.29, 1.82) is 0 Å². The van der Waals surface area contributed by atoms with Crippen LogP contribution in [0.15, 0.2) is 45.9 Å². The van der Waals surface area contributed by atoms with Crippen LogP contribution in [0, 0.1) is 0 Å². The molecule has 6 heteroatoms. The summed E-state index contributed by atoms with van der Waals surface area (Å²) in [7, 11) is 0. The zero-order valence-electron chi connectivity index (χ0n) is 12.6. The van der Waals surface area contributed by atoms with E-state index in [9.17, 15) is 4.79 Å². The number of benzene rings is 1. The summed E-state index contributed by atoms with van der Waals surface area (Å²) in [6.45, 7) is 2.29. The molecule has 22 heavy (non-hydrogen) atoms. The number of aliphatic imine (C=N–C) groups is 2. The first-order valence-corrected chi connectivity index (χ1v) is 7.03. The van der Waals surface area contributed by atoms with Crippen LogP contribution in [0.5, 0.6) is 0 Å². The number of hydrogen-bond acceptors (Lipinski definition) is 3. The maximum atomic E-state index is 11.2. The molecule has 0 heterocycles. The van der Waals surface area contributed by atoms with E-state index in [0.717, 1.165) is 11.1 Å². The predicted molar refractivity (Wildman–Crippen MR) is 89.9 cm³/mol. The molecule has 0 aliphatic rings. The van der Waals surface area contributed by atoms with Crippen molar-refractivity contribution in [3.63, 3.8) is 0 Å². The number of carboxylic acids is 1. The summed E-state index contributed by atoms with van der Waals surface area (Å²) >= 11 is 0. The summed E-state index contributed by atoms with van der Waals surface area (Å²) in [5.74, 6) is -0.939. The smallest absolute Gasteiger partial charge is 0.328 e. The average Bonchev–Trinajstić information content (AvgIpc) is 2.46. The zero-order valence-corrected chi connectivity index (χ0v) is 12.6. The molecular weight excluding hydrogens is 280 g/mol. The average molecular weight is 302 g/mol. The summed E-state index contributed by atoms with van der Waals surface area (Å²) in [4.78, 5) is 19.1. The van der Waals surface area contributed by atoms with Gasteiger partial charge >= 0.3 is 5.97 Å². The predicted octanol–water partition coefficient (Wildman–Crippen LogP) is 1.67. The number of carbonyl (C=O) groups is 1. The van der Waals surface area contributed by atoms with Crippen LogP contribution in [0.4, 0.5) is 0 Å². The summed E-state index contributed by atoms with van der Waals surface area (Å²) in [5.41, 5.74) is 12.4. The first-order valence-electron chi connectivity index (χ1n) is 7.03. The van der Waals surface area contributed by atoms with E-state index in [4.69, 9.17) is 16.6 Å². The number of aliphatic carboxylic acids is 1. The molecule has 0 bridgehead atoms.